The molecule has 9 nitrogen and oxygen atoms in total. The predicted molar refractivity (Wildman–Crippen MR) is 147 cm³/mol. The molecule has 1 saturated carbocycles. The molecule has 0 bridgehead atoms. The average Bonchev–Trinajstić information content (AvgIpc) is 3.71. The minimum absolute atomic E-state index is 0.0377. The first-order chi connectivity index (χ1) is 19.6. The Labute approximate surface area is 235 Å². The monoisotopic (exact) mass is 561 g/mol. The Morgan fingerprint density at radius 3 is 2.71 bits per heavy atom. The van der Waals surface area contributed by atoms with Gasteiger partial charge in [-0.25, -0.2) is 14.2 Å². The van der Waals surface area contributed by atoms with E-state index in [4.69, 9.17) is 14.5 Å². The number of nitrogens with zero attached hydrogens (tertiary/aromatic N) is 2. The molecule has 2 atom stereocenters. The highest BCUT2D eigenvalue weighted by molar-refractivity contribution is 5.94. The van der Waals surface area contributed by atoms with Crippen molar-refractivity contribution in [3.05, 3.63) is 61.7 Å². The third-order valence-electron chi connectivity index (χ3n) is 9.02. The normalized spacial score (nSPS) is 22.4. The number of rotatable bonds is 6. The van der Waals surface area contributed by atoms with Crippen LogP contribution in [0.25, 0.3) is 22.3 Å². The maximum Gasteiger partial charge on any atom is 0.343 e. The quantitative estimate of drug-likeness (QED) is 0.345. The van der Waals surface area contributed by atoms with Crippen LogP contribution in [0.2, 0.25) is 0 Å². The average molecular weight is 562 g/mol. The fourth-order valence-electron chi connectivity index (χ4n) is 6.85. The predicted octanol–water partition coefficient (Wildman–Crippen LogP) is 3.62. The highest BCUT2D eigenvalue weighted by Gasteiger charge is 2.46. The van der Waals surface area contributed by atoms with Crippen LogP contribution in [0, 0.1) is 5.82 Å². The number of nitrogens with one attached hydrogen (secondary N) is 1. The second-order valence-corrected chi connectivity index (χ2v) is 11.9. The maximum atomic E-state index is 15.6. The van der Waals surface area contributed by atoms with Crippen LogP contribution in [0.5, 0.6) is 0 Å². The number of ether oxygens (including phenoxy) is 2. The van der Waals surface area contributed by atoms with E-state index in [2.05, 4.69) is 5.32 Å². The van der Waals surface area contributed by atoms with Crippen molar-refractivity contribution in [2.24, 2.45) is 0 Å². The zero-order valence-electron chi connectivity index (χ0n) is 23.3. The molecule has 1 fully saturated rings. The molecule has 4 aliphatic rings. The van der Waals surface area contributed by atoms with Crippen molar-refractivity contribution in [3.8, 4) is 11.4 Å². The smallest absolute Gasteiger partial charge is 0.343 e. The van der Waals surface area contributed by atoms with E-state index < -0.39 is 11.6 Å². The van der Waals surface area contributed by atoms with Crippen LogP contribution >= 0.6 is 0 Å². The summed E-state index contributed by atoms with van der Waals surface area (Å²) in [6, 6.07) is 2.75. The molecule has 2 N–H and O–H groups in total. The molecule has 0 spiro atoms. The van der Waals surface area contributed by atoms with Crippen LogP contribution in [0.3, 0.4) is 0 Å². The van der Waals surface area contributed by atoms with Crippen molar-refractivity contribution < 1.29 is 28.6 Å². The lowest BCUT2D eigenvalue weighted by molar-refractivity contribution is -0.172. The fourth-order valence-corrected chi connectivity index (χ4v) is 6.85. The number of pyridine rings is 2. The number of carbonyl (C=O) groups excluding carboxylic acids is 2. The number of hydrogen-bond acceptors (Lipinski definition) is 7. The van der Waals surface area contributed by atoms with Gasteiger partial charge in [-0.2, -0.15) is 0 Å². The number of fused-ring (bicyclic) bond motifs is 5. The van der Waals surface area contributed by atoms with E-state index in [9.17, 15) is 19.5 Å². The summed E-state index contributed by atoms with van der Waals surface area (Å²) in [6.45, 7) is 5.29. The Morgan fingerprint density at radius 2 is 2.00 bits per heavy atom. The number of hydrogen-bond donors (Lipinski definition) is 2. The van der Waals surface area contributed by atoms with Gasteiger partial charge in [0.05, 0.1) is 41.2 Å². The fraction of sp³-hybridized carbons (Fsp3) is 0.484. The first kappa shape index (κ1) is 26.3. The zero-order chi connectivity index (χ0) is 28.8. The molecule has 3 aromatic rings. The Hall–Kier alpha value is -3.63. The summed E-state index contributed by atoms with van der Waals surface area (Å²) in [5.41, 5.74) is 2.91. The minimum Gasteiger partial charge on any atom is -0.458 e. The van der Waals surface area contributed by atoms with E-state index in [1.807, 2.05) is 13.8 Å². The van der Waals surface area contributed by atoms with E-state index in [-0.39, 0.29) is 72.7 Å². The molecular formula is C31H32FN3O6. The molecule has 0 unspecified atom stereocenters. The van der Waals surface area contributed by atoms with Gasteiger partial charge in [0.15, 0.2) is 5.60 Å². The topological polar surface area (TPSA) is 120 Å². The zero-order valence-corrected chi connectivity index (χ0v) is 23.3. The van der Waals surface area contributed by atoms with Crippen LogP contribution < -0.4 is 10.9 Å². The summed E-state index contributed by atoms with van der Waals surface area (Å²) in [7, 11) is 0. The summed E-state index contributed by atoms with van der Waals surface area (Å²) in [6.07, 6.45) is 3.02. The number of cyclic esters (lactones) is 1. The summed E-state index contributed by atoms with van der Waals surface area (Å²) >= 11 is 0. The Bertz CT molecular complexity index is 1730. The van der Waals surface area contributed by atoms with Gasteiger partial charge in [-0.1, -0.05) is 6.92 Å². The minimum atomic E-state index is -1.94. The van der Waals surface area contributed by atoms with Crippen LogP contribution in [0.1, 0.15) is 91.8 Å². The number of esters is 1. The number of aromatic nitrogens is 2. The molecule has 0 saturated heterocycles. The van der Waals surface area contributed by atoms with Crippen LogP contribution in [-0.4, -0.2) is 39.2 Å². The number of amides is 1. The van der Waals surface area contributed by atoms with Crippen LogP contribution in [0.15, 0.2) is 16.9 Å². The van der Waals surface area contributed by atoms with Gasteiger partial charge < -0.3 is 24.5 Å². The second-order valence-electron chi connectivity index (χ2n) is 11.9. The highest BCUT2D eigenvalue weighted by Crippen LogP contribution is 2.50. The second kappa shape index (κ2) is 9.19. The molecule has 2 aliphatic heterocycles. The van der Waals surface area contributed by atoms with Crippen molar-refractivity contribution in [2.75, 3.05) is 6.61 Å². The molecule has 4 heterocycles. The van der Waals surface area contributed by atoms with Gasteiger partial charge in [0.2, 0.25) is 5.91 Å². The molecule has 7 rings (SSSR count). The molecule has 41 heavy (non-hydrogen) atoms. The van der Waals surface area contributed by atoms with Crippen molar-refractivity contribution >= 4 is 22.8 Å². The number of aliphatic hydroxyl groups is 1. The number of carbonyl (C=O) groups is 2. The molecule has 2 aromatic heterocycles. The molecule has 1 amide bonds. The van der Waals surface area contributed by atoms with Crippen molar-refractivity contribution in [1.82, 2.24) is 14.9 Å². The van der Waals surface area contributed by atoms with Crippen molar-refractivity contribution in [1.29, 1.82) is 0 Å². The Kier molecular flexibility index (Phi) is 5.89. The SMILES string of the molecule is CC[C@@]1(O)C(=O)OCc2c1cc1n(c2=O)Cc2c-1nc1cc(F)c(C3CC3)c3c1c2[C@@H](NC(=O)COC(C)C)CC3. The largest absolute Gasteiger partial charge is 0.458 e. The van der Waals surface area contributed by atoms with Crippen molar-refractivity contribution in [3.63, 3.8) is 0 Å². The van der Waals surface area contributed by atoms with Crippen LogP contribution in [-0.2, 0) is 44.2 Å². The number of benzene rings is 1. The van der Waals surface area contributed by atoms with Gasteiger partial charge in [-0.15, -0.1) is 0 Å². The van der Waals surface area contributed by atoms with Gasteiger partial charge in [0.1, 0.15) is 19.0 Å². The van der Waals surface area contributed by atoms with E-state index in [1.165, 1.54) is 6.07 Å². The van der Waals surface area contributed by atoms with Gasteiger partial charge >= 0.3 is 5.97 Å². The summed E-state index contributed by atoms with van der Waals surface area (Å²) < 4.78 is 27.9. The standard InChI is InChI=1S/C31H32FN3O6/c1-4-31(39)19-9-23-28-17(11-35(23)29(37)18(19)12-41-30(31)38)27-21(33-24(36)13-40-14(2)3)8-7-16-25(15-5-6-15)20(32)10-22(34-28)26(16)27/h9-10,14-15,21,39H,4-8,11-13H2,1-3H3,(H,33,36)/t21-,31-/m0/s1. The third-order valence-corrected chi connectivity index (χ3v) is 9.02. The number of aryl methyl sites for hydroxylation is 1. The lowest BCUT2D eigenvalue weighted by Gasteiger charge is -2.31. The molecule has 214 valence electrons. The third kappa shape index (κ3) is 3.87. The highest BCUT2D eigenvalue weighted by atomic mass is 19.1. The molecular weight excluding hydrogens is 529 g/mol. The van der Waals surface area contributed by atoms with E-state index in [0.717, 1.165) is 40.5 Å². The van der Waals surface area contributed by atoms with Gasteiger partial charge in [0.25, 0.3) is 5.56 Å². The van der Waals surface area contributed by atoms with Gasteiger partial charge in [-0.3, -0.25) is 9.59 Å². The van der Waals surface area contributed by atoms with Gasteiger partial charge in [-0.05, 0) is 74.6 Å². The molecule has 2 aliphatic carbocycles. The van der Waals surface area contributed by atoms with Crippen molar-refractivity contribution in [2.45, 2.75) is 89.7 Å². The molecule has 1 aromatic carbocycles. The summed E-state index contributed by atoms with van der Waals surface area (Å²) in [5.74, 6) is -1.12. The van der Waals surface area contributed by atoms with Gasteiger partial charge in [0, 0.05) is 22.6 Å². The Balaban J connectivity index is 1.45. The number of halogens is 1. The van der Waals surface area contributed by atoms with E-state index in [0.29, 0.717) is 29.7 Å². The van der Waals surface area contributed by atoms with E-state index in [1.54, 1.807) is 17.6 Å². The first-order valence-corrected chi connectivity index (χ1v) is 14.4. The van der Waals surface area contributed by atoms with E-state index >= 15 is 4.39 Å². The molecule has 0 radical (unpaired) electrons. The first-order valence-electron chi connectivity index (χ1n) is 14.4. The lowest BCUT2D eigenvalue weighted by atomic mass is 9.80. The maximum absolute atomic E-state index is 15.6. The summed E-state index contributed by atoms with van der Waals surface area (Å²) in [4.78, 5) is 44.2. The Morgan fingerprint density at radius 1 is 1.22 bits per heavy atom. The summed E-state index contributed by atoms with van der Waals surface area (Å²) in [5, 5.41) is 15.2. The molecule has 10 heteroatoms. The van der Waals surface area contributed by atoms with Crippen LogP contribution in [0.4, 0.5) is 4.39 Å². The lowest BCUT2D eigenvalue weighted by Crippen LogP contribution is -2.44.